The van der Waals surface area contributed by atoms with Crippen LogP contribution < -0.4 is 10.6 Å². The van der Waals surface area contributed by atoms with Gasteiger partial charge in [0.15, 0.2) is 17.4 Å². The molecular formula is C24H27ClF2N4O7S. The minimum Gasteiger partial charge on any atom is -0.451 e. The Morgan fingerprint density at radius 3 is 2.28 bits per heavy atom. The van der Waals surface area contributed by atoms with Gasteiger partial charge < -0.3 is 19.2 Å². The van der Waals surface area contributed by atoms with E-state index < -0.39 is 57.0 Å². The van der Waals surface area contributed by atoms with Crippen LogP contribution in [0.25, 0.3) is 0 Å². The van der Waals surface area contributed by atoms with Gasteiger partial charge >= 0.3 is 12.1 Å². The first-order valence-electron chi connectivity index (χ1n) is 12.1. The van der Waals surface area contributed by atoms with Crippen molar-refractivity contribution in [2.24, 2.45) is 5.90 Å². The Kier molecular flexibility index (Phi) is 9.23. The quantitative estimate of drug-likeness (QED) is 0.462. The third-order valence-corrected chi connectivity index (χ3v) is 8.56. The van der Waals surface area contributed by atoms with Gasteiger partial charge in [-0.1, -0.05) is 11.6 Å². The molecule has 2 fully saturated rings. The first-order chi connectivity index (χ1) is 18.6. The highest BCUT2D eigenvalue weighted by atomic mass is 35.5. The zero-order chi connectivity index (χ0) is 28.2. The summed E-state index contributed by atoms with van der Waals surface area (Å²) in [4.78, 5) is 31.8. The molecule has 1 amide bonds. The lowest BCUT2D eigenvalue weighted by Gasteiger charge is -2.38. The van der Waals surface area contributed by atoms with Crippen molar-refractivity contribution in [1.82, 2.24) is 14.1 Å². The van der Waals surface area contributed by atoms with E-state index in [1.54, 1.807) is 0 Å². The molecule has 0 aromatic heterocycles. The Labute approximate surface area is 228 Å². The van der Waals surface area contributed by atoms with Gasteiger partial charge in [-0.3, -0.25) is 4.90 Å². The van der Waals surface area contributed by atoms with Crippen LogP contribution in [0.2, 0.25) is 5.02 Å². The molecule has 0 spiro atoms. The monoisotopic (exact) mass is 588 g/mol. The van der Waals surface area contributed by atoms with Gasteiger partial charge in [0.2, 0.25) is 10.0 Å². The predicted octanol–water partition coefficient (Wildman–Crippen LogP) is 2.73. The number of sulfonamides is 1. The zero-order valence-electron chi connectivity index (χ0n) is 20.7. The van der Waals surface area contributed by atoms with Crippen molar-refractivity contribution in [2.45, 2.75) is 23.8 Å². The molecule has 1 atom stereocenters. The summed E-state index contributed by atoms with van der Waals surface area (Å²) in [6.07, 6.45) is 1.43. The van der Waals surface area contributed by atoms with E-state index in [-0.39, 0.29) is 25.4 Å². The fraction of sp³-hybridized carbons (Fsp3) is 0.417. The normalized spacial score (nSPS) is 18.7. The van der Waals surface area contributed by atoms with Crippen LogP contribution in [0.15, 0.2) is 41.3 Å². The Bertz CT molecular complexity index is 1290. The second-order valence-electron chi connectivity index (χ2n) is 8.95. The summed E-state index contributed by atoms with van der Waals surface area (Å²) in [6.45, 7) is 1.59. The molecule has 11 nitrogen and oxygen atoms in total. The summed E-state index contributed by atoms with van der Waals surface area (Å²) in [5.74, 6) is 0.525. The summed E-state index contributed by atoms with van der Waals surface area (Å²) in [5.41, 5.74) is 0. The summed E-state index contributed by atoms with van der Waals surface area (Å²) in [5, 5.41) is 0.380. The molecule has 4 rings (SSSR count). The maximum absolute atomic E-state index is 14.8. The lowest BCUT2D eigenvalue weighted by atomic mass is 10.2. The van der Waals surface area contributed by atoms with Gasteiger partial charge in [-0.25, -0.2) is 26.8 Å². The van der Waals surface area contributed by atoms with Crippen LogP contribution in [-0.4, -0.2) is 86.5 Å². The molecule has 2 N–H and O–H groups in total. The molecule has 2 saturated heterocycles. The molecule has 2 aliphatic rings. The van der Waals surface area contributed by atoms with Crippen LogP contribution in [0.3, 0.4) is 0 Å². The molecular weight excluding hydrogens is 562 g/mol. The smallest absolute Gasteiger partial charge is 0.409 e. The van der Waals surface area contributed by atoms with Crippen molar-refractivity contribution in [3.8, 4) is 11.5 Å². The van der Waals surface area contributed by atoms with Crippen LogP contribution in [0, 0.1) is 11.6 Å². The SMILES string of the molecule is NOC(=O)[C@H]1CN(C(=O)OCCN2CCCC2)CCN1S(=O)(=O)c1cc(F)c(Oc2ccc(Cl)cc2)c(F)c1. The lowest BCUT2D eigenvalue weighted by molar-refractivity contribution is -0.150. The van der Waals surface area contributed by atoms with E-state index in [1.807, 2.05) is 0 Å². The van der Waals surface area contributed by atoms with Gasteiger partial charge in [0.25, 0.3) is 0 Å². The first kappa shape index (κ1) is 29.0. The number of benzene rings is 2. The van der Waals surface area contributed by atoms with Crippen LogP contribution in [-0.2, 0) is 24.4 Å². The Morgan fingerprint density at radius 2 is 1.67 bits per heavy atom. The van der Waals surface area contributed by atoms with Gasteiger partial charge in [0.05, 0.1) is 11.4 Å². The van der Waals surface area contributed by atoms with Crippen molar-refractivity contribution >= 4 is 33.7 Å². The lowest BCUT2D eigenvalue weighted by Crippen LogP contribution is -2.60. The van der Waals surface area contributed by atoms with Crippen molar-refractivity contribution < 1.29 is 41.1 Å². The fourth-order valence-electron chi connectivity index (χ4n) is 4.39. The van der Waals surface area contributed by atoms with Gasteiger partial charge in [0, 0.05) is 24.7 Å². The highest BCUT2D eigenvalue weighted by Gasteiger charge is 2.43. The number of amides is 1. The van der Waals surface area contributed by atoms with Gasteiger partial charge in [0.1, 0.15) is 18.4 Å². The van der Waals surface area contributed by atoms with E-state index in [0.29, 0.717) is 28.0 Å². The second kappa shape index (κ2) is 12.4. The van der Waals surface area contributed by atoms with E-state index in [9.17, 15) is 26.8 Å². The number of piperazine rings is 1. The predicted molar refractivity (Wildman–Crippen MR) is 134 cm³/mol. The number of nitrogens with zero attached hydrogens (tertiary/aromatic N) is 3. The minimum absolute atomic E-state index is 0.0713. The van der Waals surface area contributed by atoms with Crippen LogP contribution in [0.4, 0.5) is 13.6 Å². The number of carbonyl (C=O) groups excluding carboxylic acids is 2. The van der Waals surface area contributed by atoms with Crippen LogP contribution >= 0.6 is 11.6 Å². The number of hydrogen-bond donors (Lipinski definition) is 1. The molecule has 212 valence electrons. The van der Waals surface area contributed by atoms with Crippen molar-refractivity contribution in [3.05, 3.63) is 53.1 Å². The Hall–Kier alpha value is -3.04. The highest BCUT2D eigenvalue weighted by molar-refractivity contribution is 7.89. The highest BCUT2D eigenvalue weighted by Crippen LogP contribution is 2.32. The van der Waals surface area contributed by atoms with E-state index in [0.717, 1.165) is 30.8 Å². The van der Waals surface area contributed by atoms with Gasteiger partial charge in [-0.15, -0.1) is 0 Å². The van der Waals surface area contributed by atoms with E-state index in [2.05, 4.69) is 9.74 Å². The minimum atomic E-state index is -4.65. The number of nitrogens with two attached hydrogens (primary N) is 1. The molecule has 15 heteroatoms. The molecule has 0 aliphatic carbocycles. The molecule has 2 aliphatic heterocycles. The number of hydrogen-bond acceptors (Lipinski definition) is 9. The summed E-state index contributed by atoms with van der Waals surface area (Å²) >= 11 is 5.79. The van der Waals surface area contributed by atoms with Crippen molar-refractivity contribution in [3.63, 3.8) is 0 Å². The Morgan fingerprint density at radius 1 is 1.03 bits per heavy atom. The van der Waals surface area contributed by atoms with E-state index in [4.69, 9.17) is 27.0 Å². The number of rotatable bonds is 8. The number of likely N-dealkylation sites (tertiary alicyclic amines) is 1. The number of carbonyl (C=O) groups is 2. The fourth-order valence-corrected chi connectivity index (χ4v) is 6.10. The van der Waals surface area contributed by atoms with Gasteiger partial charge in [-0.2, -0.15) is 10.2 Å². The molecule has 2 aromatic carbocycles. The standard InChI is InChI=1S/C24H27ClF2N4O7S/c25-16-3-5-17(6-4-16)37-22-19(26)13-18(14-20(22)27)39(34,35)31-10-9-30(15-21(31)23(32)38-28)24(33)36-12-11-29-7-1-2-8-29/h3-6,13-14,21H,1-2,7-12,15,28H2/t21-/m1/s1. The van der Waals surface area contributed by atoms with E-state index >= 15 is 0 Å². The summed E-state index contributed by atoms with van der Waals surface area (Å²) in [7, 11) is -4.65. The van der Waals surface area contributed by atoms with Crippen LogP contribution in [0.5, 0.6) is 11.5 Å². The molecule has 39 heavy (non-hydrogen) atoms. The van der Waals surface area contributed by atoms with Gasteiger partial charge in [-0.05, 0) is 62.3 Å². The molecule has 0 radical (unpaired) electrons. The van der Waals surface area contributed by atoms with Crippen LogP contribution in [0.1, 0.15) is 12.8 Å². The third kappa shape index (κ3) is 6.76. The molecule has 0 saturated carbocycles. The Balaban J connectivity index is 1.49. The first-order valence-corrected chi connectivity index (χ1v) is 13.9. The summed E-state index contributed by atoms with van der Waals surface area (Å²) < 4.78 is 67.6. The molecule has 0 unspecified atom stereocenters. The maximum atomic E-state index is 14.8. The molecule has 2 heterocycles. The van der Waals surface area contributed by atoms with E-state index in [1.165, 1.54) is 24.3 Å². The van der Waals surface area contributed by atoms with Crippen molar-refractivity contribution in [1.29, 1.82) is 0 Å². The topological polar surface area (TPSA) is 132 Å². The summed E-state index contributed by atoms with van der Waals surface area (Å²) in [6, 6.07) is 5.24. The molecule has 0 bridgehead atoms. The number of ether oxygens (including phenoxy) is 2. The zero-order valence-corrected chi connectivity index (χ0v) is 22.3. The largest absolute Gasteiger partial charge is 0.451 e. The maximum Gasteiger partial charge on any atom is 0.409 e. The average Bonchev–Trinajstić information content (AvgIpc) is 3.44. The second-order valence-corrected chi connectivity index (χ2v) is 11.3. The third-order valence-electron chi connectivity index (χ3n) is 6.42. The number of halogens is 3. The molecule has 2 aromatic rings. The van der Waals surface area contributed by atoms with Crippen molar-refractivity contribution in [2.75, 3.05) is 45.9 Å². The average molecular weight is 589 g/mol.